The van der Waals surface area contributed by atoms with E-state index in [-0.39, 0.29) is 36.8 Å². The summed E-state index contributed by atoms with van der Waals surface area (Å²) < 4.78 is 75.2. The molecule has 20 heteroatoms. The molecule has 12 atom stereocenters. The van der Waals surface area contributed by atoms with Crippen LogP contribution < -0.4 is 0 Å². The molecule has 376 valence electrons. The number of halogens is 3. The normalized spacial score (nSPS) is 29.7. The minimum Gasteiger partial charge on any atom is -0.466 e. The summed E-state index contributed by atoms with van der Waals surface area (Å²) in [5.41, 5.74) is 0.363. The van der Waals surface area contributed by atoms with Gasteiger partial charge in [0.25, 0.3) is 3.79 Å². The lowest BCUT2D eigenvalue weighted by Gasteiger charge is -2.53. The molecule has 4 heterocycles. The van der Waals surface area contributed by atoms with Crippen LogP contribution in [0.3, 0.4) is 0 Å². The molecule has 0 radical (unpaired) electrons. The Bertz CT molecular complexity index is 2230. The minimum atomic E-state index is -2.79. The van der Waals surface area contributed by atoms with E-state index in [0.717, 1.165) is 5.56 Å². The van der Waals surface area contributed by atoms with E-state index < -0.39 is 115 Å². The van der Waals surface area contributed by atoms with Gasteiger partial charge in [0.05, 0.1) is 30.8 Å². The molecule has 7 rings (SSSR count). The summed E-state index contributed by atoms with van der Waals surface area (Å²) >= 11 is 18.5. The van der Waals surface area contributed by atoms with Gasteiger partial charge >= 0.3 is 17.9 Å². The van der Waals surface area contributed by atoms with Crippen molar-refractivity contribution in [2.45, 2.75) is 144 Å². The van der Waals surface area contributed by atoms with Crippen LogP contribution in [0.15, 0.2) is 91.0 Å². The molecule has 3 aromatic carbocycles. The van der Waals surface area contributed by atoms with Gasteiger partial charge in [-0.2, -0.15) is 0 Å². The monoisotopic (exact) mass is 1040 g/mol. The van der Waals surface area contributed by atoms with Gasteiger partial charge in [0.1, 0.15) is 36.6 Å². The fourth-order valence-electron chi connectivity index (χ4n) is 7.85. The van der Waals surface area contributed by atoms with Gasteiger partial charge in [0.15, 0.2) is 39.4 Å². The minimum absolute atomic E-state index is 0.00212. The first-order valence-corrected chi connectivity index (χ1v) is 26.8. The first-order chi connectivity index (χ1) is 32.5. The Morgan fingerprint density at radius 2 is 1.16 bits per heavy atom. The van der Waals surface area contributed by atoms with Crippen molar-refractivity contribution in [3.8, 4) is 0 Å². The van der Waals surface area contributed by atoms with Crippen molar-refractivity contribution in [3.05, 3.63) is 108 Å². The fraction of sp³-hybridized carbons (Fsp3) is 0.551. The predicted molar refractivity (Wildman–Crippen MR) is 254 cm³/mol. The first kappa shape index (κ1) is 53.1. The number of ether oxygens (including phenoxy) is 11. The number of esters is 3. The Balaban J connectivity index is 1.34. The van der Waals surface area contributed by atoms with Crippen molar-refractivity contribution in [1.82, 2.24) is 0 Å². The highest BCUT2D eigenvalue weighted by Crippen LogP contribution is 2.45. The summed E-state index contributed by atoms with van der Waals surface area (Å²) in [6.45, 7) is 14.7. The van der Waals surface area contributed by atoms with Crippen LogP contribution in [0.5, 0.6) is 0 Å². The van der Waals surface area contributed by atoms with Gasteiger partial charge in [0, 0.05) is 18.1 Å². The van der Waals surface area contributed by atoms with E-state index in [9.17, 15) is 14.4 Å². The summed E-state index contributed by atoms with van der Waals surface area (Å²) in [5, 5.41) is 8.27. The number of alkyl halides is 3. The molecule has 69 heavy (non-hydrogen) atoms. The van der Waals surface area contributed by atoms with Crippen molar-refractivity contribution in [2.24, 2.45) is 5.41 Å². The molecule has 4 aliphatic heterocycles. The second-order valence-corrected chi connectivity index (χ2v) is 26.4. The molecule has 16 nitrogen and oxygen atoms in total. The largest absolute Gasteiger partial charge is 0.466 e. The Morgan fingerprint density at radius 1 is 0.667 bits per heavy atom. The van der Waals surface area contributed by atoms with Gasteiger partial charge in [-0.05, 0) is 50.5 Å². The number of hydrogen-bond donors (Lipinski definition) is 1. The topological polar surface area (TPSA) is 186 Å². The molecule has 0 saturated carbocycles. The van der Waals surface area contributed by atoms with Crippen LogP contribution in [-0.4, -0.2) is 117 Å². The fourth-order valence-corrected chi connectivity index (χ4v) is 9.29. The van der Waals surface area contributed by atoms with Crippen LogP contribution in [0.4, 0.5) is 0 Å². The van der Waals surface area contributed by atoms with Gasteiger partial charge in [0.2, 0.25) is 12.2 Å². The zero-order valence-corrected chi connectivity index (χ0v) is 42.9. The zero-order chi connectivity index (χ0) is 49.9. The van der Waals surface area contributed by atoms with Gasteiger partial charge in [-0.3, -0.25) is 15.0 Å². The molecule has 3 aromatic rings. The molecule has 0 spiro atoms. The highest BCUT2D eigenvalue weighted by molar-refractivity contribution is 6.76. The maximum atomic E-state index is 14.4. The van der Waals surface area contributed by atoms with Gasteiger partial charge < -0.3 is 56.5 Å². The van der Waals surface area contributed by atoms with E-state index in [0.29, 0.717) is 5.56 Å². The van der Waals surface area contributed by atoms with Crippen LogP contribution >= 0.6 is 34.8 Å². The van der Waals surface area contributed by atoms with E-state index in [1.54, 1.807) is 44.2 Å². The number of nitrogens with one attached hydrogen (secondary N) is 1. The van der Waals surface area contributed by atoms with Crippen molar-refractivity contribution < 1.29 is 70.9 Å². The lowest BCUT2D eigenvalue weighted by atomic mass is 9.89. The van der Waals surface area contributed by atoms with Crippen LogP contribution in [0, 0.1) is 10.8 Å². The molecular weight excluding hydrogens is 977 g/mol. The third-order valence-electron chi connectivity index (χ3n) is 12.8. The second-order valence-electron chi connectivity index (χ2n) is 19.4. The van der Waals surface area contributed by atoms with Crippen LogP contribution in [0.1, 0.15) is 82.0 Å². The summed E-state index contributed by atoms with van der Waals surface area (Å²) in [5.74, 6) is -2.89. The van der Waals surface area contributed by atoms with Crippen LogP contribution in [0.2, 0.25) is 18.1 Å². The summed E-state index contributed by atoms with van der Waals surface area (Å²) in [6.07, 6.45) is -14.3. The summed E-state index contributed by atoms with van der Waals surface area (Å²) in [7, 11) is -2.79. The molecule has 4 saturated heterocycles. The number of benzene rings is 3. The number of hydrogen-bond acceptors (Lipinski definition) is 16. The smallest absolute Gasteiger partial charge is 0.338 e. The lowest BCUT2D eigenvalue weighted by Crippen LogP contribution is -2.69. The van der Waals surface area contributed by atoms with Crippen molar-refractivity contribution >= 4 is 66.9 Å². The highest BCUT2D eigenvalue weighted by Gasteiger charge is 2.60. The Hall–Kier alpha value is -3.69. The standard InChI is InChI=1S/C49H60Cl3NO15Si/c1-28(54)57-25-24-48(5,6)46(56)66-38-36(34-32(61-44(38)67-45(53)49(50,51)52)26-58-41(63-34)30-20-14-10-15-21-30)65-43-39(62-40(55)29-18-12-9-13-19-29)37(68-69(7,8)47(2,3)4)35-33(60-43)27-59-42(64-35)31-22-16-11-17-23-31/h9-23,32-39,41-44,53H,24-27H2,1-8H3/t32?,33?,34-,35-,36+,37+,38?,39?,41?,42?,43+,44-/m1/s1. The van der Waals surface area contributed by atoms with E-state index >= 15 is 0 Å². The van der Waals surface area contributed by atoms with Crippen molar-refractivity contribution in [1.29, 1.82) is 5.41 Å². The molecule has 0 amide bonds. The summed E-state index contributed by atoms with van der Waals surface area (Å²) in [4.78, 5) is 40.5. The Labute approximate surface area is 418 Å². The zero-order valence-electron chi connectivity index (χ0n) is 39.7. The summed E-state index contributed by atoms with van der Waals surface area (Å²) in [6, 6.07) is 27.0. The third-order valence-corrected chi connectivity index (χ3v) is 17.8. The highest BCUT2D eigenvalue weighted by atomic mass is 35.6. The van der Waals surface area contributed by atoms with Crippen molar-refractivity contribution in [2.75, 3.05) is 19.8 Å². The SMILES string of the molecule is CC(=O)OCCC(C)(C)C(=O)OC1[C@@H](OC(=N)C(Cl)(Cl)Cl)OC2COC(c3ccccc3)O[C@H]2[C@@H]1O[C@@H]1OC2COC(c3ccccc3)O[C@H]2[C@H](O[Si](C)(C)C(C)(C)C)C1OC(=O)c1ccccc1. The molecule has 6 unspecified atom stereocenters. The van der Waals surface area contributed by atoms with E-state index in [1.807, 2.05) is 60.7 Å². The number of rotatable bonds is 14. The van der Waals surface area contributed by atoms with Crippen LogP contribution in [0.25, 0.3) is 0 Å². The first-order valence-electron chi connectivity index (χ1n) is 22.7. The molecule has 0 aromatic heterocycles. The maximum absolute atomic E-state index is 14.4. The van der Waals surface area contributed by atoms with Gasteiger partial charge in [-0.1, -0.05) is 134 Å². The lowest BCUT2D eigenvalue weighted by molar-refractivity contribution is -0.399. The molecule has 1 N–H and O–H groups in total. The molecule has 0 aliphatic carbocycles. The number of fused-ring (bicyclic) bond motifs is 2. The average molecular weight is 1040 g/mol. The van der Waals surface area contributed by atoms with Crippen LogP contribution in [-0.2, 0) is 66.1 Å². The van der Waals surface area contributed by atoms with E-state index in [4.69, 9.17) is 96.7 Å². The quantitative estimate of drug-likeness (QED) is 0.0403. The Kier molecular flexibility index (Phi) is 16.9. The number of carbonyl (C=O) groups is 3. The predicted octanol–water partition coefficient (Wildman–Crippen LogP) is 8.92. The number of carbonyl (C=O) groups excluding carboxylic acids is 3. The maximum Gasteiger partial charge on any atom is 0.338 e. The molecular formula is C49H60Cl3NO15Si. The molecule has 4 aliphatic rings. The molecule has 0 bridgehead atoms. The third kappa shape index (κ3) is 12.9. The molecule has 4 fully saturated rings. The van der Waals surface area contributed by atoms with E-state index in [1.165, 1.54) is 6.92 Å². The second kappa shape index (κ2) is 22.0. The Morgan fingerprint density at radius 3 is 1.67 bits per heavy atom. The van der Waals surface area contributed by atoms with Gasteiger partial charge in [-0.15, -0.1) is 0 Å². The average Bonchev–Trinajstić information content (AvgIpc) is 3.30. The van der Waals surface area contributed by atoms with E-state index in [2.05, 4.69) is 33.9 Å². The van der Waals surface area contributed by atoms with Crippen molar-refractivity contribution in [3.63, 3.8) is 0 Å². The van der Waals surface area contributed by atoms with Gasteiger partial charge in [-0.25, -0.2) is 4.79 Å².